The molecule has 5 nitrogen and oxygen atoms in total. The van der Waals surface area contributed by atoms with Crippen LogP contribution >= 0.6 is 12.2 Å². The molecule has 0 amide bonds. The van der Waals surface area contributed by atoms with E-state index in [-0.39, 0.29) is 18.4 Å². The molecular formula is C21H24N2O3S. The highest BCUT2D eigenvalue weighted by Gasteiger charge is 2.34. The van der Waals surface area contributed by atoms with Gasteiger partial charge in [-0.1, -0.05) is 18.2 Å². The third-order valence-electron chi connectivity index (χ3n) is 4.22. The predicted octanol–water partition coefficient (Wildman–Crippen LogP) is 4.69. The first-order chi connectivity index (χ1) is 12.8. The number of methoxy groups -OCH3 is 1. The van der Waals surface area contributed by atoms with Gasteiger partial charge in [0.25, 0.3) is 0 Å². The van der Waals surface area contributed by atoms with Gasteiger partial charge in [0.15, 0.2) is 5.11 Å². The van der Waals surface area contributed by atoms with Crippen LogP contribution < -0.4 is 15.0 Å². The lowest BCUT2D eigenvalue weighted by atomic mass is 9.97. The minimum Gasteiger partial charge on any atom is -0.497 e. The van der Waals surface area contributed by atoms with Gasteiger partial charge < -0.3 is 19.7 Å². The van der Waals surface area contributed by atoms with Crippen molar-refractivity contribution in [3.05, 3.63) is 54.1 Å². The molecule has 1 aliphatic heterocycles. The van der Waals surface area contributed by atoms with E-state index in [0.717, 1.165) is 22.7 Å². The highest BCUT2D eigenvalue weighted by Crippen LogP contribution is 2.39. The van der Waals surface area contributed by atoms with Crippen molar-refractivity contribution in [2.45, 2.75) is 38.8 Å². The smallest absolute Gasteiger partial charge is 0.308 e. The number of hydrogen-bond acceptors (Lipinski definition) is 4. The number of carbonyl (C=O) groups excluding carboxylic acids is 1. The maximum absolute atomic E-state index is 12.6. The van der Waals surface area contributed by atoms with Gasteiger partial charge in [0.2, 0.25) is 0 Å². The van der Waals surface area contributed by atoms with Crippen LogP contribution in [-0.4, -0.2) is 23.8 Å². The van der Waals surface area contributed by atoms with Gasteiger partial charge in [0, 0.05) is 11.4 Å². The molecular weight excluding hydrogens is 360 g/mol. The fraction of sp³-hybridized carbons (Fsp3) is 0.333. The molecule has 1 N–H and O–H groups in total. The molecule has 0 aromatic heterocycles. The second kappa shape index (κ2) is 7.56. The fourth-order valence-corrected chi connectivity index (χ4v) is 3.48. The Morgan fingerprint density at radius 1 is 1.15 bits per heavy atom. The minimum atomic E-state index is -0.533. The Kier molecular flexibility index (Phi) is 5.37. The van der Waals surface area contributed by atoms with E-state index in [4.69, 9.17) is 21.7 Å². The van der Waals surface area contributed by atoms with Crippen LogP contribution in [0.2, 0.25) is 0 Å². The van der Waals surface area contributed by atoms with Crippen molar-refractivity contribution in [3.63, 3.8) is 0 Å². The lowest BCUT2D eigenvalue weighted by molar-refractivity contribution is -0.155. The quantitative estimate of drug-likeness (QED) is 0.610. The summed E-state index contributed by atoms with van der Waals surface area (Å²) >= 11 is 5.62. The molecule has 1 atom stereocenters. The molecule has 0 aliphatic carbocycles. The molecule has 6 heteroatoms. The van der Waals surface area contributed by atoms with Crippen LogP contribution in [0.5, 0.6) is 5.75 Å². The van der Waals surface area contributed by atoms with Crippen molar-refractivity contribution < 1.29 is 14.3 Å². The first kappa shape index (κ1) is 19.2. The minimum absolute atomic E-state index is 0.197. The Hall–Kier alpha value is -2.60. The molecule has 3 rings (SSSR count). The Morgan fingerprint density at radius 3 is 2.44 bits per heavy atom. The fourth-order valence-electron chi connectivity index (χ4n) is 3.14. The molecule has 0 radical (unpaired) electrons. The number of thiocarbonyl (C=S) groups is 1. The SMILES string of the molecule is COc1ccc(N2C(=S)Nc3ccccc3C2CC(=O)OC(C)(C)C)cc1. The topological polar surface area (TPSA) is 50.8 Å². The van der Waals surface area contributed by atoms with Crippen LogP contribution in [0.4, 0.5) is 11.4 Å². The van der Waals surface area contributed by atoms with Crippen LogP contribution in [0.1, 0.15) is 38.8 Å². The number of nitrogens with one attached hydrogen (secondary N) is 1. The van der Waals surface area contributed by atoms with Crippen molar-refractivity contribution >= 4 is 34.7 Å². The highest BCUT2D eigenvalue weighted by atomic mass is 32.1. The number of fused-ring (bicyclic) bond motifs is 1. The van der Waals surface area contributed by atoms with E-state index in [0.29, 0.717) is 5.11 Å². The molecule has 0 spiro atoms. The number of hydrogen-bond donors (Lipinski definition) is 1. The van der Waals surface area contributed by atoms with E-state index in [2.05, 4.69) is 5.32 Å². The largest absolute Gasteiger partial charge is 0.497 e. The van der Waals surface area contributed by atoms with Crippen molar-refractivity contribution in [3.8, 4) is 5.75 Å². The van der Waals surface area contributed by atoms with Crippen LogP contribution in [0.25, 0.3) is 0 Å². The Bertz CT molecular complexity index is 843. The molecule has 1 unspecified atom stereocenters. The lowest BCUT2D eigenvalue weighted by Gasteiger charge is -2.39. The summed E-state index contributed by atoms with van der Waals surface area (Å²) < 4.78 is 10.8. The molecule has 1 aliphatic rings. The van der Waals surface area contributed by atoms with Gasteiger partial charge in [-0.2, -0.15) is 0 Å². The summed E-state index contributed by atoms with van der Waals surface area (Å²) in [5.74, 6) is 0.504. The van der Waals surface area contributed by atoms with Gasteiger partial charge >= 0.3 is 5.97 Å². The van der Waals surface area contributed by atoms with E-state index in [9.17, 15) is 4.79 Å². The van der Waals surface area contributed by atoms with E-state index in [1.165, 1.54) is 0 Å². The van der Waals surface area contributed by atoms with Gasteiger partial charge in [0.05, 0.1) is 19.6 Å². The molecule has 1 heterocycles. The molecule has 0 bridgehead atoms. The van der Waals surface area contributed by atoms with Gasteiger partial charge in [-0.25, -0.2) is 0 Å². The number of ether oxygens (including phenoxy) is 2. The second-order valence-corrected chi connectivity index (χ2v) is 7.78. The summed E-state index contributed by atoms with van der Waals surface area (Å²) in [6.45, 7) is 5.60. The van der Waals surface area contributed by atoms with E-state index in [1.54, 1.807) is 7.11 Å². The average Bonchev–Trinajstić information content (AvgIpc) is 2.60. The zero-order valence-corrected chi connectivity index (χ0v) is 16.8. The number of rotatable bonds is 4. The van der Waals surface area contributed by atoms with Gasteiger partial charge in [-0.3, -0.25) is 4.79 Å². The van der Waals surface area contributed by atoms with Crippen molar-refractivity contribution in [2.75, 3.05) is 17.3 Å². The summed E-state index contributed by atoms with van der Waals surface area (Å²) in [6, 6.07) is 15.3. The molecule has 27 heavy (non-hydrogen) atoms. The Balaban J connectivity index is 1.98. The standard InChI is InChI=1S/C21H24N2O3S/c1-21(2,3)26-19(24)13-18-16-7-5-6-8-17(16)22-20(27)23(18)14-9-11-15(25-4)12-10-14/h5-12,18H,13H2,1-4H3,(H,22,27). The molecule has 2 aromatic rings. The monoisotopic (exact) mass is 384 g/mol. The van der Waals surface area contributed by atoms with E-state index >= 15 is 0 Å². The van der Waals surface area contributed by atoms with E-state index < -0.39 is 5.60 Å². The average molecular weight is 385 g/mol. The van der Waals surface area contributed by atoms with Crippen LogP contribution in [0, 0.1) is 0 Å². The van der Waals surface area contributed by atoms with Crippen LogP contribution in [0.15, 0.2) is 48.5 Å². The maximum Gasteiger partial charge on any atom is 0.308 e. The van der Waals surface area contributed by atoms with Gasteiger partial charge in [-0.05, 0) is 68.9 Å². The number of anilines is 2. The second-order valence-electron chi connectivity index (χ2n) is 7.39. The number of nitrogens with zero attached hydrogens (tertiary/aromatic N) is 1. The zero-order valence-electron chi connectivity index (χ0n) is 16.0. The Labute approximate surface area is 165 Å². The van der Waals surface area contributed by atoms with E-state index in [1.807, 2.05) is 74.2 Å². The van der Waals surface area contributed by atoms with Crippen molar-refractivity contribution in [2.24, 2.45) is 0 Å². The zero-order chi connectivity index (χ0) is 19.6. The summed E-state index contributed by atoms with van der Waals surface area (Å²) in [4.78, 5) is 14.5. The first-order valence-electron chi connectivity index (χ1n) is 8.83. The highest BCUT2D eigenvalue weighted by molar-refractivity contribution is 7.80. The van der Waals surface area contributed by atoms with Crippen molar-refractivity contribution in [1.82, 2.24) is 0 Å². The first-order valence-corrected chi connectivity index (χ1v) is 9.24. The third kappa shape index (κ3) is 4.39. The molecule has 0 saturated carbocycles. The lowest BCUT2D eigenvalue weighted by Crippen LogP contribution is -2.43. The molecule has 2 aromatic carbocycles. The molecule has 0 saturated heterocycles. The van der Waals surface area contributed by atoms with Crippen LogP contribution in [-0.2, 0) is 9.53 Å². The molecule has 142 valence electrons. The van der Waals surface area contributed by atoms with Gasteiger partial charge in [-0.15, -0.1) is 0 Å². The molecule has 0 fully saturated rings. The summed E-state index contributed by atoms with van der Waals surface area (Å²) in [5, 5.41) is 3.81. The van der Waals surface area contributed by atoms with Crippen LogP contribution in [0.3, 0.4) is 0 Å². The third-order valence-corrected chi connectivity index (χ3v) is 4.52. The summed E-state index contributed by atoms with van der Waals surface area (Å²) in [5.41, 5.74) is 2.28. The Morgan fingerprint density at radius 2 is 1.81 bits per heavy atom. The number of benzene rings is 2. The normalized spacial score (nSPS) is 16.4. The summed E-state index contributed by atoms with van der Waals surface area (Å²) in [6.07, 6.45) is 0.197. The van der Waals surface area contributed by atoms with Crippen molar-refractivity contribution in [1.29, 1.82) is 0 Å². The predicted molar refractivity (Wildman–Crippen MR) is 111 cm³/mol. The van der Waals surface area contributed by atoms with Gasteiger partial charge in [0.1, 0.15) is 11.4 Å². The maximum atomic E-state index is 12.6. The number of carbonyl (C=O) groups is 1. The summed E-state index contributed by atoms with van der Waals surface area (Å²) in [7, 11) is 1.63. The number of para-hydroxylation sites is 1. The number of esters is 1.